The van der Waals surface area contributed by atoms with Crippen LogP contribution in [0.3, 0.4) is 0 Å². The van der Waals surface area contributed by atoms with Crippen molar-refractivity contribution in [2.24, 2.45) is 0 Å². The van der Waals surface area contributed by atoms with Gasteiger partial charge in [-0.25, -0.2) is 4.79 Å². The molecule has 0 N–H and O–H groups in total. The first kappa shape index (κ1) is 13.0. The van der Waals surface area contributed by atoms with Gasteiger partial charge in [-0.05, 0) is 31.2 Å². The summed E-state index contributed by atoms with van der Waals surface area (Å²) >= 11 is 0. The largest absolute Gasteiger partial charge is 0.486 e. The molecular formula is C12H14O5. The number of carbonyl (C=O) groups is 2. The maximum atomic E-state index is 10.8. The van der Waals surface area contributed by atoms with E-state index in [0.29, 0.717) is 11.5 Å². The second kappa shape index (κ2) is 6.52. The maximum absolute atomic E-state index is 10.8. The van der Waals surface area contributed by atoms with E-state index in [1.165, 1.54) is 14.0 Å². The molecule has 92 valence electrons. The van der Waals surface area contributed by atoms with Gasteiger partial charge in [0.05, 0.1) is 7.11 Å². The van der Waals surface area contributed by atoms with Crippen molar-refractivity contribution in [1.29, 1.82) is 0 Å². The highest BCUT2D eigenvalue weighted by molar-refractivity contribution is 5.77. The predicted molar refractivity (Wildman–Crippen MR) is 60.1 cm³/mol. The summed E-state index contributed by atoms with van der Waals surface area (Å²) in [4.78, 5) is 21.5. The lowest BCUT2D eigenvalue weighted by Gasteiger charge is -2.06. The highest BCUT2D eigenvalue weighted by Crippen LogP contribution is 2.17. The molecule has 0 unspecified atom stereocenters. The Balaban J connectivity index is 2.44. The number of carbonyl (C=O) groups excluding carboxylic acids is 2. The molecule has 1 rings (SSSR count). The molecule has 0 fully saturated rings. The van der Waals surface area contributed by atoms with Crippen LogP contribution >= 0.6 is 0 Å². The molecule has 1 aromatic rings. The number of Topliss-reactive ketones (excluding diaryl/α,β-unsaturated/α-hetero) is 1. The quantitative estimate of drug-likeness (QED) is 0.697. The van der Waals surface area contributed by atoms with Gasteiger partial charge in [-0.2, -0.15) is 0 Å². The lowest BCUT2D eigenvalue weighted by atomic mass is 10.3. The fourth-order valence-electron chi connectivity index (χ4n) is 1.02. The van der Waals surface area contributed by atoms with Crippen molar-refractivity contribution in [3.8, 4) is 11.5 Å². The van der Waals surface area contributed by atoms with E-state index in [2.05, 4.69) is 4.74 Å². The Kier molecular flexibility index (Phi) is 5.00. The number of hydrogen-bond acceptors (Lipinski definition) is 5. The van der Waals surface area contributed by atoms with E-state index in [0.717, 1.165) is 0 Å². The summed E-state index contributed by atoms with van der Waals surface area (Å²) in [6, 6.07) is 6.63. The molecule has 5 heteroatoms. The van der Waals surface area contributed by atoms with Crippen molar-refractivity contribution in [1.82, 2.24) is 0 Å². The second-order valence-electron chi connectivity index (χ2n) is 3.33. The molecule has 5 nitrogen and oxygen atoms in total. The molecule has 1 aromatic carbocycles. The number of rotatable bonds is 6. The summed E-state index contributed by atoms with van der Waals surface area (Å²) in [5, 5.41) is 0. The summed E-state index contributed by atoms with van der Waals surface area (Å²) in [5.74, 6) is 0.620. The van der Waals surface area contributed by atoms with Crippen molar-refractivity contribution >= 4 is 11.8 Å². The molecule has 0 aliphatic rings. The zero-order chi connectivity index (χ0) is 12.7. The first-order valence-corrected chi connectivity index (χ1v) is 5.03. The van der Waals surface area contributed by atoms with Gasteiger partial charge in [0.25, 0.3) is 0 Å². The number of benzene rings is 1. The van der Waals surface area contributed by atoms with Gasteiger partial charge in [0.2, 0.25) is 0 Å². The average molecular weight is 238 g/mol. The van der Waals surface area contributed by atoms with E-state index in [1.54, 1.807) is 24.3 Å². The number of ether oxygens (including phenoxy) is 3. The zero-order valence-corrected chi connectivity index (χ0v) is 9.76. The van der Waals surface area contributed by atoms with Crippen LogP contribution in [0.1, 0.15) is 6.92 Å². The normalized spacial score (nSPS) is 9.53. The van der Waals surface area contributed by atoms with Gasteiger partial charge >= 0.3 is 5.97 Å². The third-order valence-corrected chi connectivity index (χ3v) is 1.85. The van der Waals surface area contributed by atoms with Gasteiger partial charge < -0.3 is 14.2 Å². The van der Waals surface area contributed by atoms with Crippen LogP contribution in [0.25, 0.3) is 0 Å². The molecule has 0 heterocycles. The van der Waals surface area contributed by atoms with Crippen LogP contribution in [-0.4, -0.2) is 32.1 Å². The lowest BCUT2D eigenvalue weighted by Crippen LogP contribution is -2.12. The molecule has 0 aliphatic heterocycles. The van der Waals surface area contributed by atoms with Gasteiger partial charge in [-0.3, -0.25) is 4.79 Å². The fourth-order valence-corrected chi connectivity index (χ4v) is 1.02. The van der Waals surface area contributed by atoms with E-state index in [4.69, 9.17) is 9.47 Å². The van der Waals surface area contributed by atoms with E-state index in [1.807, 2.05) is 0 Å². The average Bonchev–Trinajstić information content (AvgIpc) is 2.34. The van der Waals surface area contributed by atoms with Crippen molar-refractivity contribution in [3.63, 3.8) is 0 Å². The Morgan fingerprint density at radius 3 is 1.88 bits per heavy atom. The minimum Gasteiger partial charge on any atom is -0.486 e. The molecule has 17 heavy (non-hydrogen) atoms. The van der Waals surface area contributed by atoms with Crippen molar-refractivity contribution in [2.75, 3.05) is 20.3 Å². The molecule has 0 saturated carbocycles. The standard InChI is InChI=1S/C12H14O5/c1-9(13)7-16-10-3-5-11(6-4-10)17-8-12(14)15-2/h3-6H,7-8H2,1-2H3. The van der Waals surface area contributed by atoms with Crippen molar-refractivity contribution in [3.05, 3.63) is 24.3 Å². The van der Waals surface area contributed by atoms with Gasteiger partial charge in [-0.1, -0.05) is 0 Å². The third kappa shape index (κ3) is 5.01. The number of ketones is 1. The molecule has 0 radical (unpaired) electrons. The molecule has 0 bridgehead atoms. The summed E-state index contributed by atoms with van der Waals surface area (Å²) in [6.07, 6.45) is 0. The Morgan fingerprint density at radius 2 is 1.47 bits per heavy atom. The monoisotopic (exact) mass is 238 g/mol. The summed E-state index contributed by atoms with van der Waals surface area (Å²) < 4.78 is 14.7. The number of esters is 1. The van der Waals surface area contributed by atoms with Crippen LogP contribution in [-0.2, 0) is 14.3 Å². The SMILES string of the molecule is COC(=O)COc1ccc(OCC(C)=O)cc1. The van der Waals surface area contributed by atoms with E-state index < -0.39 is 5.97 Å². The molecule has 0 saturated heterocycles. The molecule has 0 spiro atoms. The third-order valence-electron chi connectivity index (χ3n) is 1.85. The van der Waals surface area contributed by atoms with Crippen LogP contribution in [0.15, 0.2) is 24.3 Å². The number of methoxy groups -OCH3 is 1. The minimum absolute atomic E-state index is 0.0440. The first-order valence-electron chi connectivity index (χ1n) is 5.03. The van der Waals surface area contributed by atoms with Crippen LogP contribution in [0, 0.1) is 0 Å². The minimum atomic E-state index is -0.443. The molecule has 0 atom stereocenters. The summed E-state index contributed by atoms with van der Waals surface area (Å²) in [5.41, 5.74) is 0. The van der Waals surface area contributed by atoms with Crippen molar-refractivity contribution < 1.29 is 23.8 Å². The number of hydrogen-bond donors (Lipinski definition) is 0. The summed E-state index contributed by atoms with van der Waals surface area (Å²) in [6.45, 7) is 1.36. The Labute approximate surface area is 99.3 Å². The molecule has 0 aliphatic carbocycles. The summed E-state index contributed by atoms with van der Waals surface area (Å²) in [7, 11) is 1.30. The van der Waals surface area contributed by atoms with Crippen LogP contribution < -0.4 is 9.47 Å². The fraction of sp³-hybridized carbons (Fsp3) is 0.333. The Hall–Kier alpha value is -2.04. The smallest absolute Gasteiger partial charge is 0.343 e. The van der Waals surface area contributed by atoms with Crippen molar-refractivity contribution in [2.45, 2.75) is 6.92 Å². The van der Waals surface area contributed by atoms with Crippen LogP contribution in [0.2, 0.25) is 0 Å². The van der Waals surface area contributed by atoms with E-state index in [-0.39, 0.29) is 19.0 Å². The molecular weight excluding hydrogens is 224 g/mol. The first-order chi connectivity index (χ1) is 8.11. The van der Waals surface area contributed by atoms with Crippen LogP contribution in [0.5, 0.6) is 11.5 Å². The topological polar surface area (TPSA) is 61.8 Å². The van der Waals surface area contributed by atoms with Gasteiger partial charge in [0.15, 0.2) is 12.4 Å². The maximum Gasteiger partial charge on any atom is 0.343 e. The Bertz CT molecular complexity index is 382. The van der Waals surface area contributed by atoms with Gasteiger partial charge in [-0.15, -0.1) is 0 Å². The van der Waals surface area contributed by atoms with E-state index >= 15 is 0 Å². The lowest BCUT2D eigenvalue weighted by molar-refractivity contribution is -0.142. The van der Waals surface area contributed by atoms with Crippen LogP contribution in [0.4, 0.5) is 0 Å². The Morgan fingerprint density at radius 1 is 1.00 bits per heavy atom. The molecule has 0 aromatic heterocycles. The predicted octanol–water partition coefficient (Wildman–Crippen LogP) is 1.21. The van der Waals surface area contributed by atoms with Gasteiger partial charge in [0.1, 0.15) is 18.1 Å². The highest BCUT2D eigenvalue weighted by atomic mass is 16.6. The van der Waals surface area contributed by atoms with E-state index in [9.17, 15) is 9.59 Å². The van der Waals surface area contributed by atoms with Gasteiger partial charge in [0, 0.05) is 0 Å². The second-order valence-corrected chi connectivity index (χ2v) is 3.33. The highest BCUT2D eigenvalue weighted by Gasteiger charge is 2.02. The molecule has 0 amide bonds. The zero-order valence-electron chi connectivity index (χ0n) is 9.76.